The number of nitrogens with zero attached hydrogens (tertiary/aromatic N) is 3. The highest BCUT2D eigenvalue weighted by Gasteiger charge is 2.24. The van der Waals surface area contributed by atoms with Gasteiger partial charge in [-0.3, -0.25) is 10.1 Å². The number of thiocarbonyl (C=S) groups is 1. The number of rotatable bonds is 8. The van der Waals surface area contributed by atoms with E-state index < -0.39 is 5.82 Å². The zero-order chi connectivity index (χ0) is 29.4. The number of methoxy groups -OCH3 is 1. The summed E-state index contributed by atoms with van der Waals surface area (Å²) >= 11 is 5.20. The van der Waals surface area contributed by atoms with E-state index in [0.717, 1.165) is 31.5 Å². The van der Waals surface area contributed by atoms with Crippen LogP contribution in [0, 0.1) is 5.82 Å². The maximum Gasteiger partial charge on any atom is 0.323 e. The summed E-state index contributed by atoms with van der Waals surface area (Å²) < 4.78 is 25.7. The number of likely N-dealkylation sites (tertiary alicyclic amines) is 1. The Balaban J connectivity index is 1.30. The number of piperidine rings is 1. The number of anilines is 2. The van der Waals surface area contributed by atoms with Crippen LogP contribution in [-0.2, 0) is 11.2 Å². The highest BCUT2D eigenvalue weighted by atomic mass is 32.1. The minimum absolute atomic E-state index is 0.0320. The van der Waals surface area contributed by atoms with E-state index in [1.165, 1.54) is 24.4 Å². The van der Waals surface area contributed by atoms with Gasteiger partial charge in [0.25, 0.3) is 0 Å². The van der Waals surface area contributed by atoms with Gasteiger partial charge >= 0.3 is 6.03 Å². The number of hydrogen-bond acceptors (Lipinski definition) is 7. The van der Waals surface area contributed by atoms with Crippen LogP contribution in [0.1, 0.15) is 18.4 Å². The predicted molar refractivity (Wildman–Crippen MR) is 159 cm³/mol. The molecule has 1 aliphatic heterocycles. The fourth-order valence-electron chi connectivity index (χ4n) is 4.38. The molecule has 1 aromatic heterocycles. The van der Waals surface area contributed by atoms with Crippen molar-refractivity contribution in [2.45, 2.75) is 25.3 Å². The second-order valence-electron chi connectivity index (χ2n) is 9.73. The number of carbonyl (C=O) groups is 2. The second-order valence-corrected chi connectivity index (χ2v) is 10.1. The average Bonchev–Trinajstić information content (AvgIpc) is 2.94. The van der Waals surface area contributed by atoms with Crippen LogP contribution in [-0.4, -0.2) is 72.2 Å². The van der Waals surface area contributed by atoms with Crippen LogP contribution in [0.15, 0.2) is 60.8 Å². The van der Waals surface area contributed by atoms with Crippen LogP contribution in [0.3, 0.4) is 0 Å². The highest BCUT2D eigenvalue weighted by molar-refractivity contribution is 7.80. The SMILES string of the molecule is COc1cccc(CC(=O)NC(=S)Nc2ccc(Oc3ccnc(NC(=O)N(C)C4CCN(C)CC4)c3)c(F)c2)c1. The fourth-order valence-corrected chi connectivity index (χ4v) is 4.61. The average molecular weight is 581 g/mol. The lowest BCUT2D eigenvalue weighted by atomic mass is 10.0. The molecule has 1 aliphatic rings. The number of carbonyl (C=O) groups excluding carboxylic acids is 2. The topological polar surface area (TPSA) is 108 Å². The van der Waals surface area contributed by atoms with Crippen LogP contribution in [0.25, 0.3) is 0 Å². The summed E-state index contributed by atoms with van der Waals surface area (Å²) in [5.74, 6) is 0.241. The van der Waals surface area contributed by atoms with Crippen molar-refractivity contribution in [1.29, 1.82) is 0 Å². The first kappa shape index (κ1) is 29.7. The number of pyridine rings is 1. The number of ether oxygens (including phenoxy) is 2. The van der Waals surface area contributed by atoms with Crippen molar-refractivity contribution in [2.24, 2.45) is 0 Å². The minimum Gasteiger partial charge on any atom is -0.497 e. The first-order valence-corrected chi connectivity index (χ1v) is 13.5. The van der Waals surface area contributed by atoms with Gasteiger partial charge < -0.3 is 29.9 Å². The molecule has 2 aromatic carbocycles. The Labute approximate surface area is 243 Å². The monoisotopic (exact) mass is 580 g/mol. The third-order valence-electron chi connectivity index (χ3n) is 6.69. The molecule has 0 spiro atoms. The Morgan fingerprint density at radius 1 is 1.10 bits per heavy atom. The summed E-state index contributed by atoms with van der Waals surface area (Å²) in [7, 11) is 5.40. The van der Waals surface area contributed by atoms with Crippen LogP contribution >= 0.6 is 12.2 Å². The molecule has 3 amide bonds. The molecule has 0 atom stereocenters. The van der Waals surface area contributed by atoms with Gasteiger partial charge in [0.15, 0.2) is 16.7 Å². The smallest absolute Gasteiger partial charge is 0.323 e. The first-order chi connectivity index (χ1) is 19.7. The second kappa shape index (κ2) is 13.9. The van der Waals surface area contributed by atoms with Crippen LogP contribution in [0.5, 0.6) is 17.2 Å². The third-order valence-corrected chi connectivity index (χ3v) is 6.90. The number of amides is 3. The molecule has 4 rings (SSSR count). The Bertz CT molecular complexity index is 1400. The summed E-state index contributed by atoms with van der Waals surface area (Å²) in [5.41, 5.74) is 1.10. The van der Waals surface area contributed by atoms with E-state index in [0.29, 0.717) is 23.0 Å². The number of aromatic nitrogens is 1. The van der Waals surface area contributed by atoms with Crippen LogP contribution in [0.2, 0.25) is 0 Å². The van der Waals surface area contributed by atoms with Crippen LogP contribution < -0.4 is 25.4 Å². The van der Waals surface area contributed by atoms with Crippen molar-refractivity contribution in [3.63, 3.8) is 0 Å². The number of benzene rings is 2. The molecule has 10 nitrogen and oxygen atoms in total. The van der Waals surface area contributed by atoms with Crippen molar-refractivity contribution in [1.82, 2.24) is 20.1 Å². The number of nitrogens with one attached hydrogen (secondary N) is 3. The predicted octanol–water partition coefficient (Wildman–Crippen LogP) is 4.64. The van der Waals surface area contributed by atoms with Gasteiger partial charge in [0, 0.05) is 37.1 Å². The van der Waals surface area contributed by atoms with Crippen molar-refractivity contribution >= 4 is 40.8 Å². The Hall–Kier alpha value is -4.29. The molecule has 0 bridgehead atoms. The normalized spacial score (nSPS) is 13.7. The van der Waals surface area contributed by atoms with Gasteiger partial charge in [-0.15, -0.1) is 0 Å². The Morgan fingerprint density at radius 2 is 1.88 bits per heavy atom. The summed E-state index contributed by atoms with van der Waals surface area (Å²) in [6, 6.07) is 14.3. The third kappa shape index (κ3) is 8.60. The molecule has 12 heteroatoms. The molecule has 2 heterocycles. The molecule has 0 aliphatic carbocycles. The Morgan fingerprint density at radius 3 is 2.61 bits per heavy atom. The summed E-state index contributed by atoms with van der Waals surface area (Å²) in [6.07, 6.45) is 3.38. The van der Waals surface area contributed by atoms with Gasteiger partial charge in [-0.05, 0) is 81.1 Å². The van der Waals surface area contributed by atoms with E-state index in [1.54, 1.807) is 55.5 Å². The van der Waals surface area contributed by atoms with Gasteiger partial charge in [0.05, 0.1) is 13.5 Å². The lowest BCUT2D eigenvalue weighted by Gasteiger charge is -2.34. The lowest BCUT2D eigenvalue weighted by molar-refractivity contribution is -0.119. The van der Waals surface area contributed by atoms with Gasteiger partial charge in [-0.25, -0.2) is 14.2 Å². The van der Waals surface area contributed by atoms with E-state index in [-0.39, 0.29) is 35.3 Å². The molecule has 1 saturated heterocycles. The molecule has 41 heavy (non-hydrogen) atoms. The van der Waals surface area contributed by atoms with Crippen molar-refractivity contribution in [2.75, 3.05) is 44.9 Å². The van der Waals surface area contributed by atoms with Crippen molar-refractivity contribution in [3.05, 3.63) is 72.2 Å². The standard InChI is InChI=1S/C29H33FN6O4S/c1-35-13-10-21(11-14-35)36(2)29(38)33-26-18-23(9-12-31-26)40-25-8-7-20(17-24(25)30)32-28(41)34-27(37)16-19-5-4-6-22(15-19)39-3/h4-9,12,15,17-18,21H,10-11,13-14,16H2,1-3H3,(H,31,33,38)(H2,32,34,37,41). The molecule has 0 saturated carbocycles. The first-order valence-electron chi connectivity index (χ1n) is 13.1. The highest BCUT2D eigenvalue weighted by Crippen LogP contribution is 2.28. The number of urea groups is 1. The van der Waals surface area contributed by atoms with Gasteiger partial charge in [0.2, 0.25) is 5.91 Å². The maximum absolute atomic E-state index is 14.9. The summed E-state index contributed by atoms with van der Waals surface area (Å²) in [4.78, 5) is 33.2. The molecule has 0 radical (unpaired) electrons. The summed E-state index contributed by atoms with van der Waals surface area (Å²) in [6.45, 7) is 1.88. The van der Waals surface area contributed by atoms with Gasteiger partial charge in [-0.1, -0.05) is 12.1 Å². The van der Waals surface area contributed by atoms with E-state index in [4.69, 9.17) is 21.7 Å². The molecule has 216 valence electrons. The zero-order valence-electron chi connectivity index (χ0n) is 23.1. The fraction of sp³-hybridized carbons (Fsp3) is 0.310. The van der Waals surface area contributed by atoms with Gasteiger partial charge in [-0.2, -0.15) is 0 Å². The Kier molecular flexibility index (Phi) is 10.0. The van der Waals surface area contributed by atoms with Crippen molar-refractivity contribution < 1.29 is 23.5 Å². The number of halogens is 1. The molecule has 1 fully saturated rings. The van der Waals surface area contributed by atoms with Crippen molar-refractivity contribution in [3.8, 4) is 17.2 Å². The molecule has 3 N–H and O–H groups in total. The molecular formula is C29H33FN6O4S. The summed E-state index contributed by atoms with van der Waals surface area (Å²) in [5, 5.41) is 8.19. The quantitative estimate of drug-likeness (QED) is 0.331. The van der Waals surface area contributed by atoms with E-state index >= 15 is 0 Å². The molecular weight excluding hydrogens is 547 g/mol. The maximum atomic E-state index is 14.9. The molecule has 0 unspecified atom stereocenters. The number of hydrogen-bond donors (Lipinski definition) is 3. The zero-order valence-corrected chi connectivity index (χ0v) is 24.0. The van der Waals surface area contributed by atoms with Gasteiger partial charge in [0.1, 0.15) is 17.3 Å². The lowest BCUT2D eigenvalue weighted by Crippen LogP contribution is -2.46. The van der Waals surface area contributed by atoms with Crippen LogP contribution in [0.4, 0.5) is 20.7 Å². The van der Waals surface area contributed by atoms with E-state index in [2.05, 4.69) is 32.9 Å². The van der Waals surface area contributed by atoms with E-state index in [1.807, 2.05) is 0 Å². The minimum atomic E-state index is -0.648. The largest absolute Gasteiger partial charge is 0.497 e. The van der Waals surface area contributed by atoms with E-state index in [9.17, 15) is 14.0 Å². The molecule has 3 aromatic rings.